The number of alkyl halides is 6. The van der Waals surface area contributed by atoms with Crippen molar-refractivity contribution in [1.29, 1.82) is 0 Å². The van der Waals surface area contributed by atoms with Gasteiger partial charge in [0.25, 0.3) is 0 Å². The van der Waals surface area contributed by atoms with Gasteiger partial charge in [-0.25, -0.2) is 0 Å². The molecule has 0 fully saturated rings. The van der Waals surface area contributed by atoms with E-state index in [9.17, 15) is 13.2 Å². The van der Waals surface area contributed by atoms with E-state index in [-0.39, 0.29) is 11.5 Å². The van der Waals surface area contributed by atoms with Crippen LogP contribution in [0.2, 0.25) is 0 Å². The number of halogens is 7. The summed E-state index contributed by atoms with van der Waals surface area (Å²) >= 11 is 16.1. The molecule has 15 heavy (non-hydrogen) atoms. The van der Waals surface area contributed by atoms with Crippen LogP contribution in [-0.4, -0.2) is 19.4 Å². The molecule has 0 spiro atoms. The Kier molecular flexibility index (Phi) is 4.00. The maximum atomic E-state index is 12.8. The van der Waals surface area contributed by atoms with Gasteiger partial charge in [0.2, 0.25) is 0 Å². The van der Waals surface area contributed by atoms with Gasteiger partial charge in [-0.1, -0.05) is 50.1 Å². The summed E-state index contributed by atoms with van der Waals surface area (Å²) in [6.45, 7) is 0. The smallest absolute Gasteiger partial charge is 0.321 e. The average Bonchev–Trinajstić information content (AvgIpc) is 1.96. The highest BCUT2D eigenvalue weighted by Crippen LogP contribution is 2.53. The van der Waals surface area contributed by atoms with Crippen LogP contribution in [0.25, 0.3) is 0 Å². The fourth-order valence-electron chi connectivity index (χ4n) is 1.29. The molecule has 0 aromatic carbocycles. The molecular formula is C7H6BrCl2F3IN. The van der Waals surface area contributed by atoms with Crippen molar-refractivity contribution < 1.29 is 13.2 Å². The molecule has 1 rings (SSSR count). The first-order chi connectivity index (χ1) is 6.50. The van der Waals surface area contributed by atoms with Gasteiger partial charge in [0.1, 0.15) is 0 Å². The lowest BCUT2D eigenvalue weighted by atomic mass is 9.88. The zero-order valence-corrected chi connectivity index (χ0v) is 12.3. The fourth-order valence-corrected chi connectivity index (χ4v) is 4.38. The molecule has 0 saturated carbocycles. The third kappa shape index (κ3) is 2.75. The van der Waals surface area contributed by atoms with Crippen LogP contribution in [0, 0.1) is 0 Å². The van der Waals surface area contributed by atoms with Gasteiger partial charge in [-0.3, -0.25) is 0 Å². The van der Waals surface area contributed by atoms with Crippen molar-refractivity contribution >= 4 is 61.7 Å². The van der Waals surface area contributed by atoms with Gasteiger partial charge in [-0.2, -0.15) is 13.2 Å². The number of rotatable bonds is 0. The quantitative estimate of drug-likeness (QED) is 0.450. The summed E-state index contributed by atoms with van der Waals surface area (Å²) in [4.78, 5) is -2.52. The highest BCUT2D eigenvalue weighted by Gasteiger charge is 2.62. The van der Waals surface area contributed by atoms with Crippen LogP contribution in [0.1, 0.15) is 6.42 Å². The van der Waals surface area contributed by atoms with Crippen LogP contribution >= 0.6 is 61.7 Å². The summed E-state index contributed by atoms with van der Waals surface area (Å²) in [5.74, 6) is 0. The van der Waals surface area contributed by atoms with Gasteiger partial charge in [0, 0.05) is 11.5 Å². The molecular weight excluding hydrogens is 433 g/mol. The summed E-state index contributed by atoms with van der Waals surface area (Å²) in [6.07, 6.45) is -3.54. The van der Waals surface area contributed by atoms with E-state index in [1.807, 2.05) is 0 Å². The SMILES string of the molecule is NC1C(Cl)=CC(Br)(I)CC1(Cl)C(F)(F)F. The number of hydrogen-bond donors (Lipinski definition) is 1. The maximum absolute atomic E-state index is 12.8. The van der Waals surface area contributed by atoms with E-state index in [0.717, 1.165) is 0 Å². The largest absolute Gasteiger partial charge is 0.409 e. The van der Waals surface area contributed by atoms with Crippen LogP contribution in [0.4, 0.5) is 13.2 Å². The van der Waals surface area contributed by atoms with Crippen molar-refractivity contribution in [3.63, 3.8) is 0 Å². The normalized spacial score (nSPS) is 42.7. The standard InChI is InChI=1S/C7H6BrCl2F3IN/c8-5(14)1-3(9)4(15)6(10,2-5)7(11,12)13/h1,4H,2,15H2. The second-order valence-electron chi connectivity index (χ2n) is 3.30. The number of allylic oxidation sites excluding steroid dienone is 1. The van der Waals surface area contributed by atoms with E-state index in [4.69, 9.17) is 28.9 Å². The molecule has 3 atom stereocenters. The van der Waals surface area contributed by atoms with E-state index in [0.29, 0.717) is 0 Å². The first-order valence-electron chi connectivity index (χ1n) is 3.77. The van der Waals surface area contributed by atoms with Gasteiger partial charge in [0.05, 0.1) is 8.37 Å². The molecule has 2 N–H and O–H groups in total. The van der Waals surface area contributed by atoms with Crippen molar-refractivity contribution in [2.75, 3.05) is 0 Å². The van der Waals surface area contributed by atoms with Crippen molar-refractivity contribution in [2.24, 2.45) is 5.73 Å². The van der Waals surface area contributed by atoms with Gasteiger partial charge < -0.3 is 5.73 Å². The average molecular weight is 439 g/mol. The third-order valence-electron chi connectivity index (χ3n) is 2.10. The Morgan fingerprint density at radius 2 is 2.07 bits per heavy atom. The first-order valence-corrected chi connectivity index (χ1v) is 6.40. The molecule has 0 heterocycles. The summed E-state index contributed by atoms with van der Waals surface area (Å²) in [5, 5.41) is -0.0835. The van der Waals surface area contributed by atoms with E-state index < -0.39 is 19.4 Å². The minimum atomic E-state index is -4.60. The topological polar surface area (TPSA) is 26.0 Å². The van der Waals surface area contributed by atoms with E-state index >= 15 is 0 Å². The van der Waals surface area contributed by atoms with Crippen LogP contribution in [0.5, 0.6) is 0 Å². The molecule has 0 aromatic heterocycles. The van der Waals surface area contributed by atoms with Crippen molar-refractivity contribution in [2.45, 2.75) is 25.8 Å². The summed E-state index contributed by atoms with van der Waals surface area (Å²) in [6, 6.07) is -1.43. The fraction of sp³-hybridized carbons (Fsp3) is 0.714. The molecule has 88 valence electrons. The highest BCUT2D eigenvalue weighted by molar-refractivity contribution is 14.1. The van der Waals surface area contributed by atoms with Gasteiger partial charge in [0.15, 0.2) is 4.87 Å². The molecule has 0 bridgehead atoms. The first kappa shape index (κ1) is 14.3. The monoisotopic (exact) mass is 437 g/mol. The Morgan fingerprint density at radius 1 is 1.60 bits per heavy atom. The van der Waals surface area contributed by atoms with Crippen LogP contribution < -0.4 is 5.73 Å². The summed E-state index contributed by atoms with van der Waals surface area (Å²) in [5.41, 5.74) is 5.39. The van der Waals surface area contributed by atoms with Crippen LogP contribution in [0.3, 0.4) is 0 Å². The molecule has 0 aliphatic heterocycles. The Hall–Kier alpha value is 1.28. The molecule has 8 heteroatoms. The highest BCUT2D eigenvalue weighted by atomic mass is 127. The molecule has 0 radical (unpaired) electrons. The van der Waals surface area contributed by atoms with E-state index in [1.54, 1.807) is 22.6 Å². The number of nitrogens with two attached hydrogens (primary N) is 1. The molecule has 0 amide bonds. The molecule has 1 aliphatic carbocycles. The van der Waals surface area contributed by atoms with E-state index in [1.165, 1.54) is 6.08 Å². The Balaban J connectivity index is 3.19. The Bertz CT molecular complexity index is 307. The minimum Gasteiger partial charge on any atom is -0.321 e. The van der Waals surface area contributed by atoms with E-state index in [2.05, 4.69) is 15.9 Å². The predicted molar refractivity (Wildman–Crippen MR) is 66.8 cm³/mol. The molecule has 1 nitrogen and oxygen atoms in total. The lowest BCUT2D eigenvalue weighted by Crippen LogP contribution is -2.58. The second-order valence-corrected chi connectivity index (χ2v) is 9.24. The lowest BCUT2D eigenvalue weighted by Gasteiger charge is -2.41. The predicted octanol–water partition coefficient (Wildman–Crippen LogP) is 3.91. The lowest BCUT2D eigenvalue weighted by molar-refractivity contribution is -0.166. The van der Waals surface area contributed by atoms with Crippen molar-refractivity contribution in [3.8, 4) is 0 Å². The van der Waals surface area contributed by atoms with Crippen LogP contribution in [-0.2, 0) is 0 Å². The Morgan fingerprint density at radius 3 is 2.47 bits per heavy atom. The molecule has 3 unspecified atom stereocenters. The zero-order valence-electron chi connectivity index (χ0n) is 7.08. The van der Waals surface area contributed by atoms with Gasteiger partial charge in [-0.05, 0) is 6.08 Å². The second kappa shape index (κ2) is 4.19. The Labute approximate surface area is 117 Å². The molecule has 1 aliphatic rings. The molecule has 0 aromatic rings. The van der Waals surface area contributed by atoms with Crippen molar-refractivity contribution in [1.82, 2.24) is 0 Å². The zero-order chi connectivity index (χ0) is 12.1. The third-order valence-corrected chi connectivity index (χ3v) is 4.23. The maximum Gasteiger partial charge on any atom is 0.409 e. The van der Waals surface area contributed by atoms with Crippen LogP contribution in [0.15, 0.2) is 11.1 Å². The van der Waals surface area contributed by atoms with Gasteiger partial charge >= 0.3 is 6.18 Å². The minimum absolute atomic E-state index is 0.0835. The summed E-state index contributed by atoms with van der Waals surface area (Å²) < 4.78 is 37.4. The van der Waals surface area contributed by atoms with Crippen molar-refractivity contribution in [3.05, 3.63) is 11.1 Å². The summed E-state index contributed by atoms with van der Waals surface area (Å²) in [7, 11) is 0. The van der Waals surface area contributed by atoms with Gasteiger partial charge in [-0.15, -0.1) is 11.6 Å². The number of hydrogen-bond acceptors (Lipinski definition) is 1. The molecule has 0 saturated heterocycles.